The van der Waals surface area contributed by atoms with Gasteiger partial charge in [-0.25, -0.2) is 0 Å². The Morgan fingerprint density at radius 2 is 1.76 bits per heavy atom. The smallest absolute Gasteiger partial charge is 0.400 e. The van der Waals surface area contributed by atoms with Gasteiger partial charge in [0.25, 0.3) is 0 Å². The predicted octanol–water partition coefficient (Wildman–Crippen LogP) is 3.97. The summed E-state index contributed by atoms with van der Waals surface area (Å²) in [5, 5.41) is 1.01. The lowest BCUT2D eigenvalue weighted by molar-refractivity contribution is 0.00578. The van der Waals surface area contributed by atoms with Crippen LogP contribution < -0.4 is 5.73 Å². The third-order valence-corrected chi connectivity index (χ3v) is 4.95. The fourth-order valence-corrected chi connectivity index (χ4v) is 2.41. The minimum absolute atomic E-state index is 0.319. The van der Waals surface area contributed by atoms with E-state index in [1.807, 2.05) is 45.9 Å². The second-order valence-corrected chi connectivity index (χ2v) is 6.94. The molecule has 21 heavy (non-hydrogen) atoms. The van der Waals surface area contributed by atoms with E-state index in [4.69, 9.17) is 38.2 Å². The second-order valence-electron chi connectivity index (χ2n) is 6.15. The van der Waals surface area contributed by atoms with Gasteiger partial charge < -0.3 is 15.0 Å². The summed E-state index contributed by atoms with van der Waals surface area (Å²) >= 11 is 12.2. The third-order valence-electron chi connectivity index (χ3n) is 4.11. The summed E-state index contributed by atoms with van der Waals surface area (Å²) in [6, 6.07) is 5.48. The number of benzene rings is 1. The highest BCUT2D eigenvalue weighted by atomic mass is 35.5. The molecule has 3 nitrogen and oxygen atoms in total. The van der Waals surface area contributed by atoms with E-state index in [1.54, 1.807) is 6.07 Å². The first-order valence-corrected chi connectivity index (χ1v) is 7.64. The van der Waals surface area contributed by atoms with Crippen molar-refractivity contribution < 1.29 is 9.31 Å². The van der Waals surface area contributed by atoms with Crippen LogP contribution in [0, 0.1) is 0 Å². The van der Waals surface area contributed by atoms with Crippen molar-refractivity contribution in [2.75, 3.05) is 6.54 Å². The number of halogens is 2. The molecule has 0 aromatic heterocycles. The monoisotopic (exact) mass is 327 g/mol. The van der Waals surface area contributed by atoms with Gasteiger partial charge in [-0.05, 0) is 44.8 Å². The number of nitrogens with two attached hydrogens (primary N) is 1. The molecule has 0 spiro atoms. The molecule has 0 aliphatic carbocycles. The van der Waals surface area contributed by atoms with Gasteiger partial charge in [-0.1, -0.05) is 41.4 Å². The van der Waals surface area contributed by atoms with E-state index in [9.17, 15) is 0 Å². The van der Waals surface area contributed by atoms with Crippen molar-refractivity contribution in [3.63, 3.8) is 0 Å². The van der Waals surface area contributed by atoms with E-state index in [0.717, 1.165) is 11.0 Å². The Bertz CT molecular complexity index is 557. The van der Waals surface area contributed by atoms with Crippen LogP contribution in [-0.4, -0.2) is 24.9 Å². The molecule has 1 aliphatic rings. The molecule has 1 heterocycles. The molecule has 0 amide bonds. The van der Waals surface area contributed by atoms with Crippen molar-refractivity contribution >= 4 is 36.4 Å². The van der Waals surface area contributed by atoms with Crippen LogP contribution in [0.4, 0.5) is 0 Å². The Balaban J connectivity index is 2.33. The highest BCUT2D eigenvalue weighted by molar-refractivity contribution is 6.56. The lowest BCUT2D eigenvalue weighted by Gasteiger charge is -2.32. The first kappa shape index (κ1) is 16.8. The van der Waals surface area contributed by atoms with Crippen LogP contribution in [0.2, 0.25) is 10.0 Å². The lowest BCUT2D eigenvalue weighted by Crippen LogP contribution is -2.41. The van der Waals surface area contributed by atoms with Crippen LogP contribution in [0.3, 0.4) is 0 Å². The molecule has 1 fully saturated rings. The molecule has 2 rings (SSSR count). The van der Waals surface area contributed by atoms with Crippen molar-refractivity contribution in [3.05, 3.63) is 39.3 Å². The zero-order chi connectivity index (χ0) is 15.8. The molecule has 1 aromatic carbocycles. The highest BCUT2D eigenvalue weighted by Crippen LogP contribution is 2.39. The predicted molar refractivity (Wildman–Crippen MR) is 89.6 cm³/mol. The zero-order valence-corrected chi connectivity index (χ0v) is 14.3. The molecule has 1 aliphatic heterocycles. The summed E-state index contributed by atoms with van der Waals surface area (Å²) in [7, 11) is -0.477. The van der Waals surface area contributed by atoms with Crippen molar-refractivity contribution in [2.45, 2.75) is 38.9 Å². The van der Waals surface area contributed by atoms with Crippen LogP contribution in [0.1, 0.15) is 33.3 Å². The molecule has 1 aromatic rings. The van der Waals surface area contributed by atoms with Gasteiger partial charge in [0.05, 0.1) is 21.2 Å². The molecular formula is C15H20BCl2NO2. The van der Waals surface area contributed by atoms with Crippen LogP contribution in [0.15, 0.2) is 23.7 Å². The van der Waals surface area contributed by atoms with Crippen LogP contribution >= 0.6 is 23.2 Å². The Morgan fingerprint density at radius 3 is 2.29 bits per heavy atom. The van der Waals surface area contributed by atoms with Gasteiger partial charge >= 0.3 is 7.12 Å². The maximum atomic E-state index is 6.21. The molecule has 0 bridgehead atoms. The Kier molecular flexibility index (Phi) is 4.76. The van der Waals surface area contributed by atoms with Crippen LogP contribution in [0.5, 0.6) is 0 Å². The van der Waals surface area contributed by atoms with Crippen molar-refractivity contribution in [1.29, 1.82) is 0 Å². The van der Waals surface area contributed by atoms with E-state index >= 15 is 0 Å². The van der Waals surface area contributed by atoms with E-state index in [0.29, 0.717) is 16.6 Å². The molecule has 114 valence electrons. The summed E-state index contributed by atoms with van der Waals surface area (Å²) in [5.41, 5.74) is 6.70. The Labute approximate surface area is 136 Å². The Morgan fingerprint density at radius 1 is 1.19 bits per heavy atom. The van der Waals surface area contributed by atoms with E-state index < -0.39 is 18.3 Å². The zero-order valence-electron chi connectivity index (χ0n) is 12.7. The normalized spacial score (nSPS) is 20.9. The minimum atomic E-state index is -0.477. The standard InChI is InChI=1S/C15H20BCl2NO2/c1-14(2)15(3,4)21-16(20-14)11(9-19)8-10-6-5-7-12(17)13(10)18/h5-8H,9,19H2,1-4H3. The topological polar surface area (TPSA) is 44.5 Å². The van der Waals surface area contributed by atoms with E-state index in [2.05, 4.69) is 0 Å². The SMILES string of the molecule is CC1(C)OB(C(=Cc2cccc(Cl)c2Cl)CN)OC1(C)C. The molecule has 0 atom stereocenters. The summed E-state index contributed by atoms with van der Waals surface area (Å²) in [5.74, 6) is 0. The average Bonchev–Trinajstić information content (AvgIpc) is 2.60. The molecule has 2 N–H and O–H groups in total. The molecule has 0 radical (unpaired) electrons. The highest BCUT2D eigenvalue weighted by Gasteiger charge is 2.52. The van der Waals surface area contributed by atoms with Gasteiger partial charge in [0, 0.05) is 6.54 Å². The van der Waals surface area contributed by atoms with Crippen LogP contribution in [0.25, 0.3) is 6.08 Å². The van der Waals surface area contributed by atoms with Gasteiger partial charge in [-0.3, -0.25) is 0 Å². The maximum absolute atomic E-state index is 6.21. The lowest BCUT2D eigenvalue weighted by atomic mass is 9.77. The van der Waals surface area contributed by atoms with Gasteiger partial charge in [0.15, 0.2) is 0 Å². The number of hydrogen-bond donors (Lipinski definition) is 1. The van der Waals surface area contributed by atoms with Crippen molar-refractivity contribution in [2.24, 2.45) is 5.73 Å². The summed E-state index contributed by atoms with van der Waals surface area (Å²) in [4.78, 5) is 0. The molecule has 0 saturated carbocycles. The van der Waals surface area contributed by atoms with Crippen LogP contribution in [-0.2, 0) is 9.31 Å². The average molecular weight is 328 g/mol. The van der Waals surface area contributed by atoms with Crippen molar-refractivity contribution in [1.82, 2.24) is 0 Å². The number of hydrogen-bond acceptors (Lipinski definition) is 3. The third kappa shape index (κ3) is 3.30. The van der Waals surface area contributed by atoms with E-state index in [1.165, 1.54) is 0 Å². The fourth-order valence-electron chi connectivity index (χ4n) is 2.05. The van der Waals surface area contributed by atoms with Gasteiger partial charge in [0.2, 0.25) is 0 Å². The molecule has 6 heteroatoms. The first-order chi connectivity index (χ1) is 9.68. The largest absolute Gasteiger partial charge is 0.491 e. The molecule has 1 saturated heterocycles. The number of rotatable bonds is 3. The first-order valence-electron chi connectivity index (χ1n) is 6.88. The van der Waals surface area contributed by atoms with Gasteiger partial charge in [-0.2, -0.15) is 0 Å². The molecular weight excluding hydrogens is 308 g/mol. The summed E-state index contributed by atoms with van der Waals surface area (Å²) in [6.45, 7) is 8.35. The Hall–Kier alpha value is -0.515. The van der Waals surface area contributed by atoms with Gasteiger partial charge in [0.1, 0.15) is 0 Å². The van der Waals surface area contributed by atoms with E-state index in [-0.39, 0.29) is 0 Å². The minimum Gasteiger partial charge on any atom is -0.400 e. The fraction of sp³-hybridized carbons (Fsp3) is 0.467. The molecule has 0 unspecified atom stereocenters. The van der Waals surface area contributed by atoms with Gasteiger partial charge in [-0.15, -0.1) is 0 Å². The maximum Gasteiger partial charge on any atom is 0.491 e. The summed E-state index contributed by atoms with van der Waals surface area (Å²) < 4.78 is 12.0. The van der Waals surface area contributed by atoms with Crippen molar-refractivity contribution in [3.8, 4) is 0 Å². The summed E-state index contributed by atoms with van der Waals surface area (Å²) in [6.07, 6.45) is 1.89. The second kappa shape index (κ2) is 5.94. The quantitative estimate of drug-likeness (QED) is 0.854.